The van der Waals surface area contributed by atoms with Crippen molar-refractivity contribution in [2.45, 2.75) is 38.2 Å². The summed E-state index contributed by atoms with van der Waals surface area (Å²) in [5.41, 5.74) is 0.989. The van der Waals surface area contributed by atoms with Crippen LogP contribution in [0.5, 0.6) is 0 Å². The second-order valence-electron chi connectivity index (χ2n) is 4.07. The number of aliphatic hydroxyl groups excluding tert-OH is 1. The first-order chi connectivity index (χ1) is 7.13. The van der Waals surface area contributed by atoms with Gasteiger partial charge in [0.05, 0.1) is 6.10 Å². The Balaban J connectivity index is 2.50. The molecule has 0 aliphatic carbocycles. The minimum absolute atomic E-state index is 0.362. The topological polar surface area (TPSA) is 20.2 Å². The summed E-state index contributed by atoms with van der Waals surface area (Å²) in [6.07, 6.45) is 0.872. The predicted octanol–water partition coefficient (Wildman–Crippen LogP) is 3.88. The summed E-state index contributed by atoms with van der Waals surface area (Å²) in [6.45, 7) is 6.29. The zero-order valence-electron chi connectivity index (χ0n) is 9.73. The Kier molecular flexibility index (Phi) is 5.20. The molecule has 2 heteroatoms. The van der Waals surface area contributed by atoms with Crippen LogP contribution in [0.3, 0.4) is 0 Å². The van der Waals surface area contributed by atoms with Gasteiger partial charge in [-0.05, 0) is 30.5 Å². The highest BCUT2D eigenvalue weighted by molar-refractivity contribution is 7.99. The van der Waals surface area contributed by atoms with Crippen molar-refractivity contribution in [1.29, 1.82) is 0 Å². The van der Waals surface area contributed by atoms with E-state index in [2.05, 4.69) is 26.0 Å². The summed E-state index contributed by atoms with van der Waals surface area (Å²) in [7, 11) is 0. The molecule has 15 heavy (non-hydrogen) atoms. The third-order valence-electron chi connectivity index (χ3n) is 2.59. The highest BCUT2D eigenvalue weighted by atomic mass is 32.2. The highest BCUT2D eigenvalue weighted by Crippen LogP contribution is 2.23. The lowest BCUT2D eigenvalue weighted by molar-refractivity contribution is 0.199. The molecule has 2 atom stereocenters. The van der Waals surface area contributed by atoms with Crippen LogP contribution < -0.4 is 0 Å². The van der Waals surface area contributed by atoms with Crippen LogP contribution in [0.2, 0.25) is 0 Å². The van der Waals surface area contributed by atoms with Gasteiger partial charge in [0.1, 0.15) is 0 Å². The number of aliphatic hydroxyl groups is 1. The van der Waals surface area contributed by atoms with Crippen LogP contribution in [0.15, 0.2) is 29.2 Å². The SMILES string of the molecule is CCC(C)CSc1ccc([C@H](C)O)cc1. The van der Waals surface area contributed by atoms with Crippen LogP contribution >= 0.6 is 11.8 Å². The zero-order chi connectivity index (χ0) is 11.3. The molecule has 1 unspecified atom stereocenters. The molecule has 1 aromatic rings. The van der Waals surface area contributed by atoms with Crippen LogP contribution in [0.25, 0.3) is 0 Å². The van der Waals surface area contributed by atoms with Gasteiger partial charge in [-0.3, -0.25) is 0 Å². The largest absolute Gasteiger partial charge is 0.389 e. The molecule has 0 aliphatic rings. The smallest absolute Gasteiger partial charge is 0.0761 e. The molecule has 1 N–H and O–H groups in total. The van der Waals surface area contributed by atoms with Crippen LogP contribution in [0.4, 0.5) is 0 Å². The van der Waals surface area contributed by atoms with Gasteiger partial charge in [-0.1, -0.05) is 32.4 Å². The lowest BCUT2D eigenvalue weighted by atomic mass is 10.1. The number of rotatable bonds is 5. The first-order valence-electron chi connectivity index (χ1n) is 5.54. The van der Waals surface area contributed by atoms with Gasteiger partial charge in [0.2, 0.25) is 0 Å². The first kappa shape index (κ1) is 12.6. The standard InChI is InChI=1S/C13H20OS/c1-4-10(2)9-15-13-7-5-12(6-8-13)11(3)14/h5-8,10-11,14H,4,9H2,1-3H3/t10?,11-/m0/s1. The van der Waals surface area contributed by atoms with Gasteiger partial charge >= 0.3 is 0 Å². The van der Waals surface area contributed by atoms with Crippen molar-refractivity contribution >= 4 is 11.8 Å². The van der Waals surface area contributed by atoms with Crippen LogP contribution in [-0.2, 0) is 0 Å². The van der Waals surface area contributed by atoms with E-state index in [1.54, 1.807) is 6.92 Å². The molecule has 0 aliphatic heterocycles. The van der Waals surface area contributed by atoms with E-state index in [9.17, 15) is 5.11 Å². The molecule has 1 nitrogen and oxygen atoms in total. The lowest BCUT2D eigenvalue weighted by Gasteiger charge is -2.09. The molecular weight excluding hydrogens is 204 g/mol. The van der Waals surface area contributed by atoms with E-state index in [-0.39, 0.29) is 6.10 Å². The second kappa shape index (κ2) is 6.19. The number of hydrogen-bond acceptors (Lipinski definition) is 2. The molecule has 0 spiro atoms. The summed E-state index contributed by atoms with van der Waals surface area (Å²) in [4.78, 5) is 1.29. The summed E-state index contributed by atoms with van der Waals surface area (Å²) >= 11 is 1.89. The van der Waals surface area contributed by atoms with Gasteiger partial charge in [-0.25, -0.2) is 0 Å². The average Bonchev–Trinajstić information content (AvgIpc) is 2.26. The molecule has 0 heterocycles. The van der Waals surface area contributed by atoms with Crippen LogP contribution in [0, 0.1) is 5.92 Å². The Bertz CT molecular complexity index is 279. The fraction of sp³-hybridized carbons (Fsp3) is 0.538. The Hall–Kier alpha value is -0.470. The molecule has 0 fully saturated rings. The van der Waals surface area contributed by atoms with Crippen LogP contribution in [-0.4, -0.2) is 10.9 Å². The van der Waals surface area contributed by atoms with E-state index >= 15 is 0 Å². The normalized spacial score (nSPS) is 14.9. The van der Waals surface area contributed by atoms with E-state index in [1.807, 2.05) is 23.9 Å². The fourth-order valence-electron chi connectivity index (χ4n) is 1.20. The van der Waals surface area contributed by atoms with Crippen molar-refractivity contribution in [1.82, 2.24) is 0 Å². The van der Waals surface area contributed by atoms with Crippen molar-refractivity contribution in [2.24, 2.45) is 5.92 Å². The number of thioether (sulfide) groups is 1. The van der Waals surface area contributed by atoms with Gasteiger partial charge in [0.25, 0.3) is 0 Å². The Morgan fingerprint density at radius 1 is 1.20 bits per heavy atom. The first-order valence-corrected chi connectivity index (χ1v) is 6.52. The van der Waals surface area contributed by atoms with Gasteiger partial charge < -0.3 is 5.11 Å². The van der Waals surface area contributed by atoms with Crippen molar-refractivity contribution < 1.29 is 5.11 Å². The Morgan fingerprint density at radius 2 is 1.80 bits per heavy atom. The monoisotopic (exact) mass is 224 g/mol. The van der Waals surface area contributed by atoms with Crippen molar-refractivity contribution in [3.63, 3.8) is 0 Å². The molecule has 0 bridgehead atoms. The Labute approximate surface area is 96.9 Å². The molecule has 1 rings (SSSR count). The maximum atomic E-state index is 9.36. The third kappa shape index (κ3) is 4.27. The van der Waals surface area contributed by atoms with E-state index in [0.29, 0.717) is 0 Å². The zero-order valence-corrected chi connectivity index (χ0v) is 10.6. The maximum Gasteiger partial charge on any atom is 0.0761 e. The predicted molar refractivity (Wildman–Crippen MR) is 67.3 cm³/mol. The molecule has 0 saturated heterocycles. The fourth-order valence-corrected chi connectivity index (χ4v) is 2.24. The van der Waals surface area contributed by atoms with Crippen molar-refractivity contribution in [2.75, 3.05) is 5.75 Å². The molecule has 0 radical (unpaired) electrons. The number of benzene rings is 1. The molecule has 1 aromatic carbocycles. The number of hydrogen-bond donors (Lipinski definition) is 1. The maximum absolute atomic E-state index is 9.36. The summed E-state index contributed by atoms with van der Waals surface area (Å²) in [5, 5.41) is 9.36. The van der Waals surface area contributed by atoms with Crippen molar-refractivity contribution in [3.8, 4) is 0 Å². The van der Waals surface area contributed by atoms with Crippen molar-refractivity contribution in [3.05, 3.63) is 29.8 Å². The minimum atomic E-state index is -0.362. The molecule has 84 valence electrons. The summed E-state index contributed by atoms with van der Waals surface area (Å²) in [5.74, 6) is 1.94. The average molecular weight is 224 g/mol. The van der Waals surface area contributed by atoms with E-state index in [4.69, 9.17) is 0 Å². The van der Waals surface area contributed by atoms with Gasteiger partial charge in [-0.15, -0.1) is 11.8 Å². The van der Waals surface area contributed by atoms with Gasteiger partial charge in [-0.2, -0.15) is 0 Å². The van der Waals surface area contributed by atoms with E-state index in [0.717, 1.165) is 11.5 Å². The van der Waals surface area contributed by atoms with Gasteiger partial charge in [0.15, 0.2) is 0 Å². The quantitative estimate of drug-likeness (QED) is 0.766. The third-order valence-corrected chi connectivity index (χ3v) is 3.94. The Morgan fingerprint density at radius 3 is 2.27 bits per heavy atom. The minimum Gasteiger partial charge on any atom is -0.389 e. The van der Waals surface area contributed by atoms with Gasteiger partial charge in [0, 0.05) is 10.6 Å². The van der Waals surface area contributed by atoms with E-state index < -0.39 is 0 Å². The second-order valence-corrected chi connectivity index (χ2v) is 5.16. The summed E-state index contributed by atoms with van der Waals surface area (Å²) in [6, 6.07) is 8.19. The molecule has 0 saturated carbocycles. The van der Waals surface area contributed by atoms with E-state index in [1.165, 1.54) is 17.1 Å². The van der Waals surface area contributed by atoms with Crippen LogP contribution in [0.1, 0.15) is 38.9 Å². The molecule has 0 amide bonds. The lowest BCUT2D eigenvalue weighted by Crippen LogP contribution is -1.95. The highest BCUT2D eigenvalue weighted by Gasteiger charge is 2.02. The summed E-state index contributed by atoms with van der Waals surface area (Å²) < 4.78 is 0. The molecule has 0 aromatic heterocycles. The molecular formula is C13H20OS.